The number of ether oxygens (including phenoxy) is 1. The molecule has 0 aliphatic rings. The van der Waals surface area contributed by atoms with Crippen LogP contribution in [0.15, 0.2) is 54.7 Å². The van der Waals surface area contributed by atoms with Gasteiger partial charge in [-0.15, -0.1) is 0 Å². The van der Waals surface area contributed by atoms with Gasteiger partial charge in [0.2, 0.25) is 0 Å². The van der Waals surface area contributed by atoms with Crippen molar-refractivity contribution in [3.8, 4) is 5.75 Å². The lowest BCUT2D eigenvalue weighted by atomic mass is 10.2. The van der Waals surface area contributed by atoms with E-state index in [0.717, 1.165) is 16.7 Å². The fourth-order valence-corrected chi connectivity index (χ4v) is 2.50. The topological polar surface area (TPSA) is 14.2 Å². The van der Waals surface area contributed by atoms with E-state index in [-0.39, 0.29) is 11.9 Å². The van der Waals surface area contributed by atoms with Crippen molar-refractivity contribution >= 4 is 10.9 Å². The lowest BCUT2D eigenvalue weighted by Gasteiger charge is -2.11. The number of fused-ring (bicyclic) bond motifs is 1. The first-order valence-electron chi connectivity index (χ1n) is 7.13. The van der Waals surface area contributed by atoms with Crippen molar-refractivity contribution in [2.24, 2.45) is 0 Å². The maximum atomic E-state index is 13.8. The number of hydrogen-bond donors (Lipinski definition) is 0. The van der Waals surface area contributed by atoms with Gasteiger partial charge in [-0.05, 0) is 38.1 Å². The third kappa shape index (κ3) is 2.77. The molecule has 3 rings (SSSR count). The molecule has 1 heterocycles. The van der Waals surface area contributed by atoms with E-state index in [4.69, 9.17) is 4.74 Å². The van der Waals surface area contributed by atoms with Crippen LogP contribution in [0, 0.1) is 5.82 Å². The van der Waals surface area contributed by atoms with Gasteiger partial charge in [0.15, 0.2) is 0 Å². The maximum Gasteiger partial charge on any atom is 0.129 e. The van der Waals surface area contributed by atoms with Crippen LogP contribution in [-0.2, 0) is 6.54 Å². The lowest BCUT2D eigenvalue weighted by Crippen LogP contribution is -2.05. The summed E-state index contributed by atoms with van der Waals surface area (Å²) in [4.78, 5) is 0. The van der Waals surface area contributed by atoms with Crippen LogP contribution in [0.2, 0.25) is 0 Å². The molecule has 0 bridgehead atoms. The van der Waals surface area contributed by atoms with Gasteiger partial charge in [-0.1, -0.05) is 24.3 Å². The van der Waals surface area contributed by atoms with Crippen LogP contribution in [0.1, 0.15) is 19.4 Å². The Kier molecular flexibility index (Phi) is 3.65. The fourth-order valence-electron chi connectivity index (χ4n) is 2.50. The van der Waals surface area contributed by atoms with Crippen LogP contribution in [-0.4, -0.2) is 10.7 Å². The van der Waals surface area contributed by atoms with Crippen LogP contribution in [0.5, 0.6) is 5.75 Å². The van der Waals surface area contributed by atoms with E-state index in [1.54, 1.807) is 6.07 Å². The van der Waals surface area contributed by atoms with E-state index in [2.05, 4.69) is 0 Å². The molecule has 0 aliphatic heterocycles. The second kappa shape index (κ2) is 5.60. The summed E-state index contributed by atoms with van der Waals surface area (Å²) < 4.78 is 21.7. The van der Waals surface area contributed by atoms with E-state index in [1.165, 1.54) is 6.07 Å². The number of halogens is 1. The zero-order valence-corrected chi connectivity index (χ0v) is 12.2. The molecule has 3 heteroatoms. The minimum absolute atomic E-state index is 0.130. The molecule has 0 aliphatic carbocycles. The van der Waals surface area contributed by atoms with Gasteiger partial charge in [-0.2, -0.15) is 0 Å². The Morgan fingerprint density at radius 2 is 1.86 bits per heavy atom. The summed E-state index contributed by atoms with van der Waals surface area (Å²) in [5.74, 6) is 0.698. The molecule has 1 aromatic heterocycles. The number of benzene rings is 2. The predicted octanol–water partition coefficient (Wildman–Crippen LogP) is 4.62. The molecule has 2 nitrogen and oxygen atoms in total. The first-order chi connectivity index (χ1) is 10.1. The van der Waals surface area contributed by atoms with E-state index >= 15 is 0 Å². The molecule has 2 aromatic carbocycles. The van der Waals surface area contributed by atoms with Gasteiger partial charge < -0.3 is 9.30 Å². The van der Waals surface area contributed by atoms with Crippen LogP contribution in [0.3, 0.4) is 0 Å². The predicted molar refractivity (Wildman–Crippen MR) is 83.2 cm³/mol. The number of nitrogens with zero attached hydrogens (tertiary/aromatic N) is 1. The summed E-state index contributed by atoms with van der Waals surface area (Å²) in [6.45, 7) is 4.53. The van der Waals surface area contributed by atoms with E-state index < -0.39 is 0 Å². The molecule has 0 spiro atoms. The van der Waals surface area contributed by atoms with Crippen molar-refractivity contribution in [3.63, 3.8) is 0 Å². The monoisotopic (exact) mass is 283 g/mol. The van der Waals surface area contributed by atoms with E-state index in [1.807, 2.05) is 61.0 Å². The van der Waals surface area contributed by atoms with Gasteiger partial charge in [0.05, 0.1) is 18.2 Å². The van der Waals surface area contributed by atoms with Gasteiger partial charge in [0.25, 0.3) is 0 Å². The summed E-state index contributed by atoms with van der Waals surface area (Å²) in [7, 11) is 0. The fraction of sp³-hybridized carbons (Fsp3) is 0.222. The molecule has 0 unspecified atom stereocenters. The Balaban J connectivity index is 1.99. The highest BCUT2D eigenvalue weighted by Gasteiger charge is 2.09. The maximum absolute atomic E-state index is 13.8. The van der Waals surface area contributed by atoms with Crippen molar-refractivity contribution in [2.75, 3.05) is 0 Å². The summed E-state index contributed by atoms with van der Waals surface area (Å²) in [6.07, 6.45) is 2.11. The Bertz CT molecular complexity index is 761. The Hall–Kier alpha value is -2.29. The highest BCUT2D eigenvalue weighted by atomic mass is 19.1. The highest BCUT2D eigenvalue weighted by Crippen LogP contribution is 2.28. The average Bonchev–Trinajstić information content (AvgIpc) is 2.85. The Morgan fingerprint density at radius 1 is 1.05 bits per heavy atom. The highest BCUT2D eigenvalue weighted by molar-refractivity contribution is 5.86. The molecule has 0 amide bonds. The van der Waals surface area contributed by atoms with Crippen LogP contribution in [0.4, 0.5) is 4.39 Å². The zero-order chi connectivity index (χ0) is 14.8. The van der Waals surface area contributed by atoms with Gasteiger partial charge in [-0.25, -0.2) is 4.39 Å². The summed E-state index contributed by atoms with van der Waals surface area (Å²) >= 11 is 0. The van der Waals surface area contributed by atoms with E-state index in [0.29, 0.717) is 12.1 Å². The quantitative estimate of drug-likeness (QED) is 0.681. The van der Waals surface area contributed by atoms with Crippen LogP contribution in [0.25, 0.3) is 10.9 Å². The molecular formula is C18H18FNO. The summed E-state index contributed by atoms with van der Waals surface area (Å²) in [5.41, 5.74) is 1.74. The SMILES string of the molecule is CC(C)Oc1cccc2c1ccn2Cc1ccccc1F. The third-order valence-electron chi connectivity index (χ3n) is 3.43. The van der Waals surface area contributed by atoms with Crippen molar-refractivity contribution in [1.29, 1.82) is 0 Å². The normalized spacial score (nSPS) is 11.2. The molecule has 3 aromatic rings. The number of hydrogen-bond acceptors (Lipinski definition) is 1. The molecule has 21 heavy (non-hydrogen) atoms. The van der Waals surface area contributed by atoms with Crippen LogP contribution >= 0.6 is 0 Å². The summed E-state index contributed by atoms with van der Waals surface area (Å²) in [6, 6.07) is 14.9. The Labute approximate surface area is 123 Å². The first-order valence-corrected chi connectivity index (χ1v) is 7.13. The summed E-state index contributed by atoms with van der Waals surface area (Å²) in [5, 5.41) is 1.06. The first kappa shape index (κ1) is 13.7. The number of aromatic nitrogens is 1. The second-order valence-corrected chi connectivity index (χ2v) is 5.39. The minimum Gasteiger partial charge on any atom is -0.490 e. The van der Waals surface area contributed by atoms with Crippen molar-refractivity contribution in [3.05, 3.63) is 66.1 Å². The van der Waals surface area contributed by atoms with Crippen molar-refractivity contribution < 1.29 is 9.13 Å². The zero-order valence-electron chi connectivity index (χ0n) is 12.2. The van der Waals surface area contributed by atoms with Crippen molar-refractivity contribution in [1.82, 2.24) is 4.57 Å². The minimum atomic E-state index is -0.172. The molecule has 108 valence electrons. The molecule has 0 saturated heterocycles. The third-order valence-corrected chi connectivity index (χ3v) is 3.43. The largest absolute Gasteiger partial charge is 0.490 e. The lowest BCUT2D eigenvalue weighted by molar-refractivity contribution is 0.245. The molecule has 0 saturated carbocycles. The molecule has 0 fully saturated rings. The molecule has 0 N–H and O–H groups in total. The standard InChI is InChI=1S/C18H18FNO/c1-13(2)21-18-9-5-8-17-15(18)10-11-20(17)12-14-6-3-4-7-16(14)19/h3-11,13H,12H2,1-2H3. The van der Waals surface area contributed by atoms with Gasteiger partial charge in [0.1, 0.15) is 11.6 Å². The van der Waals surface area contributed by atoms with Crippen LogP contribution < -0.4 is 4.74 Å². The number of rotatable bonds is 4. The second-order valence-electron chi connectivity index (χ2n) is 5.39. The molecular weight excluding hydrogens is 265 g/mol. The average molecular weight is 283 g/mol. The Morgan fingerprint density at radius 3 is 2.62 bits per heavy atom. The van der Waals surface area contributed by atoms with Crippen molar-refractivity contribution in [2.45, 2.75) is 26.5 Å². The van der Waals surface area contributed by atoms with E-state index in [9.17, 15) is 4.39 Å². The smallest absolute Gasteiger partial charge is 0.129 e. The molecule has 0 radical (unpaired) electrons. The van der Waals surface area contributed by atoms with Gasteiger partial charge in [-0.3, -0.25) is 0 Å². The molecule has 0 atom stereocenters. The van der Waals surface area contributed by atoms with Gasteiger partial charge in [0, 0.05) is 17.1 Å². The van der Waals surface area contributed by atoms with Gasteiger partial charge >= 0.3 is 0 Å².